The van der Waals surface area contributed by atoms with Gasteiger partial charge in [-0.2, -0.15) is 5.10 Å². The van der Waals surface area contributed by atoms with Gasteiger partial charge in [0.25, 0.3) is 0 Å². The van der Waals surface area contributed by atoms with E-state index in [1.165, 1.54) is 0 Å². The standard InChI is InChI=1S/C17H13F3N2/c1-10-3-4-12(9-16(10)22-6-5-11(2)21-22)13-7-14(18)17(20)15(19)8-13/h3-9H,1-2H3. The lowest BCUT2D eigenvalue weighted by molar-refractivity contribution is 0.448. The van der Waals surface area contributed by atoms with Gasteiger partial charge in [-0.05, 0) is 54.8 Å². The highest BCUT2D eigenvalue weighted by Gasteiger charge is 2.13. The molecule has 0 aliphatic heterocycles. The minimum absolute atomic E-state index is 0.279. The summed E-state index contributed by atoms with van der Waals surface area (Å²) in [5, 5.41) is 4.33. The van der Waals surface area contributed by atoms with Crippen molar-refractivity contribution in [2.24, 2.45) is 0 Å². The van der Waals surface area contributed by atoms with Gasteiger partial charge in [-0.25, -0.2) is 17.9 Å². The van der Waals surface area contributed by atoms with E-state index >= 15 is 0 Å². The Hall–Kier alpha value is -2.56. The first-order valence-electron chi connectivity index (χ1n) is 6.74. The lowest BCUT2D eigenvalue weighted by Gasteiger charge is -2.10. The number of rotatable bonds is 2. The number of hydrogen-bond donors (Lipinski definition) is 0. The molecule has 0 aliphatic rings. The molecule has 2 nitrogen and oxygen atoms in total. The van der Waals surface area contributed by atoms with Gasteiger partial charge in [-0.3, -0.25) is 0 Å². The monoisotopic (exact) mass is 302 g/mol. The summed E-state index contributed by atoms with van der Waals surface area (Å²) in [7, 11) is 0. The first-order valence-corrected chi connectivity index (χ1v) is 6.74. The molecular weight excluding hydrogens is 289 g/mol. The average molecular weight is 302 g/mol. The Bertz CT molecular complexity index is 830. The second kappa shape index (κ2) is 5.33. The van der Waals surface area contributed by atoms with Gasteiger partial charge in [-0.1, -0.05) is 12.1 Å². The number of benzene rings is 2. The largest absolute Gasteiger partial charge is 0.240 e. The highest BCUT2D eigenvalue weighted by molar-refractivity contribution is 5.67. The highest BCUT2D eigenvalue weighted by atomic mass is 19.2. The Kier molecular flexibility index (Phi) is 3.48. The van der Waals surface area contributed by atoms with Crippen LogP contribution >= 0.6 is 0 Å². The van der Waals surface area contributed by atoms with Crippen molar-refractivity contribution in [3.05, 3.63) is 71.3 Å². The van der Waals surface area contributed by atoms with Crippen molar-refractivity contribution < 1.29 is 13.2 Å². The van der Waals surface area contributed by atoms with E-state index in [1.54, 1.807) is 16.8 Å². The molecule has 0 aliphatic carbocycles. The Morgan fingerprint density at radius 1 is 0.864 bits per heavy atom. The molecule has 0 fully saturated rings. The fourth-order valence-corrected chi connectivity index (χ4v) is 2.31. The van der Waals surface area contributed by atoms with Crippen molar-refractivity contribution in [2.45, 2.75) is 13.8 Å². The molecule has 1 aromatic heterocycles. The van der Waals surface area contributed by atoms with Crippen LogP contribution in [-0.4, -0.2) is 9.78 Å². The molecule has 5 heteroatoms. The third kappa shape index (κ3) is 2.50. The molecule has 0 unspecified atom stereocenters. The Morgan fingerprint density at radius 3 is 2.14 bits per heavy atom. The average Bonchev–Trinajstić information content (AvgIpc) is 2.91. The van der Waals surface area contributed by atoms with E-state index < -0.39 is 17.5 Å². The molecule has 22 heavy (non-hydrogen) atoms. The fourth-order valence-electron chi connectivity index (χ4n) is 2.31. The molecule has 0 atom stereocenters. The van der Waals surface area contributed by atoms with Gasteiger partial charge < -0.3 is 0 Å². The smallest absolute Gasteiger partial charge is 0.194 e. The molecule has 0 amide bonds. The third-order valence-electron chi connectivity index (χ3n) is 3.50. The summed E-state index contributed by atoms with van der Waals surface area (Å²) in [6.07, 6.45) is 1.81. The fraction of sp³-hybridized carbons (Fsp3) is 0.118. The number of aromatic nitrogens is 2. The van der Waals surface area contributed by atoms with Crippen LogP contribution in [0.15, 0.2) is 42.6 Å². The van der Waals surface area contributed by atoms with E-state index in [0.29, 0.717) is 5.56 Å². The number of hydrogen-bond acceptors (Lipinski definition) is 1. The predicted octanol–water partition coefficient (Wildman–Crippen LogP) is 4.57. The van der Waals surface area contributed by atoms with E-state index in [4.69, 9.17) is 0 Å². The van der Waals surface area contributed by atoms with Crippen LogP contribution in [0, 0.1) is 31.3 Å². The van der Waals surface area contributed by atoms with Crippen LogP contribution in [0.5, 0.6) is 0 Å². The van der Waals surface area contributed by atoms with E-state index in [9.17, 15) is 13.2 Å². The molecule has 0 saturated carbocycles. The number of halogens is 3. The summed E-state index contributed by atoms with van der Waals surface area (Å²) < 4.78 is 41.6. The van der Waals surface area contributed by atoms with Crippen molar-refractivity contribution in [1.29, 1.82) is 0 Å². The zero-order chi connectivity index (χ0) is 15.9. The maximum Gasteiger partial charge on any atom is 0.194 e. The molecule has 1 heterocycles. The van der Waals surface area contributed by atoms with Crippen LogP contribution in [0.25, 0.3) is 16.8 Å². The normalized spacial score (nSPS) is 11.0. The maximum atomic E-state index is 13.4. The maximum absolute atomic E-state index is 13.4. The van der Waals surface area contributed by atoms with Crippen molar-refractivity contribution in [3.63, 3.8) is 0 Å². The number of nitrogens with zero attached hydrogens (tertiary/aromatic N) is 2. The van der Waals surface area contributed by atoms with E-state index in [-0.39, 0.29) is 5.56 Å². The van der Waals surface area contributed by atoms with Gasteiger partial charge in [0.1, 0.15) is 0 Å². The van der Waals surface area contributed by atoms with Gasteiger partial charge in [0, 0.05) is 6.20 Å². The van der Waals surface area contributed by atoms with Gasteiger partial charge in [0.2, 0.25) is 0 Å². The van der Waals surface area contributed by atoms with Gasteiger partial charge >= 0.3 is 0 Å². The molecule has 2 aromatic carbocycles. The summed E-state index contributed by atoms with van der Waals surface area (Å²) in [6.45, 7) is 3.79. The Balaban J connectivity index is 2.13. The molecule has 0 saturated heterocycles. The van der Waals surface area contributed by atoms with E-state index in [1.807, 2.05) is 32.2 Å². The highest BCUT2D eigenvalue weighted by Crippen LogP contribution is 2.27. The zero-order valence-corrected chi connectivity index (χ0v) is 12.1. The van der Waals surface area contributed by atoms with Crippen LogP contribution in [0.1, 0.15) is 11.3 Å². The van der Waals surface area contributed by atoms with Crippen molar-refractivity contribution in [1.82, 2.24) is 9.78 Å². The lowest BCUT2D eigenvalue weighted by Crippen LogP contribution is -1.99. The Morgan fingerprint density at radius 2 is 1.55 bits per heavy atom. The zero-order valence-electron chi connectivity index (χ0n) is 12.1. The van der Waals surface area contributed by atoms with Crippen molar-refractivity contribution in [3.8, 4) is 16.8 Å². The third-order valence-corrected chi connectivity index (χ3v) is 3.50. The van der Waals surface area contributed by atoms with Crippen LogP contribution in [0.3, 0.4) is 0 Å². The van der Waals surface area contributed by atoms with Gasteiger partial charge in [-0.15, -0.1) is 0 Å². The van der Waals surface area contributed by atoms with Crippen molar-refractivity contribution >= 4 is 0 Å². The van der Waals surface area contributed by atoms with E-state index in [0.717, 1.165) is 29.1 Å². The summed E-state index contributed by atoms with van der Waals surface area (Å²) in [5.74, 6) is -3.86. The summed E-state index contributed by atoms with van der Waals surface area (Å²) in [4.78, 5) is 0. The first kappa shape index (κ1) is 14.4. The summed E-state index contributed by atoms with van der Waals surface area (Å²) in [6, 6.07) is 9.18. The topological polar surface area (TPSA) is 17.8 Å². The second-order valence-electron chi connectivity index (χ2n) is 5.16. The Labute approximate surface area is 125 Å². The quantitative estimate of drug-likeness (QED) is 0.634. The summed E-state index contributed by atoms with van der Waals surface area (Å²) >= 11 is 0. The van der Waals surface area contributed by atoms with Crippen LogP contribution in [-0.2, 0) is 0 Å². The molecular formula is C17H13F3N2. The minimum atomic E-state index is -1.46. The summed E-state index contributed by atoms with van der Waals surface area (Å²) in [5.41, 5.74) is 3.50. The van der Waals surface area contributed by atoms with Crippen LogP contribution in [0.4, 0.5) is 13.2 Å². The van der Waals surface area contributed by atoms with Gasteiger partial charge in [0.05, 0.1) is 11.4 Å². The molecule has 0 bridgehead atoms. The number of aryl methyl sites for hydroxylation is 2. The van der Waals surface area contributed by atoms with E-state index in [2.05, 4.69) is 5.10 Å². The van der Waals surface area contributed by atoms with Gasteiger partial charge in [0.15, 0.2) is 17.5 Å². The van der Waals surface area contributed by atoms with Crippen LogP contribution < -0.4 is 0 Å². The lowest BCUT2D eigenvalue weighted by atomic mass is 10.0. The van der Waals surface area contributed by atoms with Crippen molar-refractivity contribution in [2.75, 3.05) is 0 Å². The predicted molar refractivity (Wildman–Crippen MR) is 78.3 cm³/mol. The molecule has 3 aromatic rings. The van der Waals surface area contributed by atoms with Crippen LogP contribution in [0.2, 0.25) is 0 Å². The molecule has 0 spiro atoms. The molecule has 0 N–H and O–H groups in total. The first-order chi connectivity index (χ1) is 10.5. The second-order valence-corrected chi connectivity index (χ2v) is 5.16. The molecule has 0 radical (unpaired) electrons. The molecule has 3 rings (SSSR count). The minimum Gasteiger partial charge on any atom is -0.240 e. The SMILES string of the molecule is Cc1ccn(-c2cc(-c3cc(F)c(F)c(F)c3)ccc2C)n1. The molecule has 112 valence electrons.